The molecule has 114 valence electrons. The van der Waals surface area contributed by atoms with Crippen LogP contribution < -0.4 is 20.0 Å². The number of rotatable bonds is 4. The maximum Gasteiger partial charge on any atom is 0.226 e. The lowest BCUT2D eigenvalue weighted by atomic mass is 10.2. The molecule has 0 amide bonds. The van der Waals surface area contributed by atoms with Crippen LogP contribution in [0.15, 0.2) is 35.3 Å². The van der Waals surface area contributed by atoms with Gasteiger partial charge in [-0.2, -0.15) is 0 Å². The zero-order valence-corrected chi connectivity index (χ0v) is 13.2. The van der Waals surface area contributed by atoms with E-state index in [2.05, 4.69) is 9.98 Å². The molecular formula is C16H16ClN3O2. The first-order valence-electron chi connectivity index (χ1n) is 6.84. The van der Waals surface area contributed by atoms with Crippen LogP contribution >= 0.6 is 11.6 Å². The Kier molecular flexibility index (Phi) is 4.15. The highest BCUT2D eigenvalue weighted by Gasteiger charge is 2.09. The van der Waals surface area contributed by atoms with Crippen LogP contribution in [0.1, 0.15) is 5.56 Å². The molecule has 22 heavy (non-hydrogen) atoms. The van der Waals surface area contributed by atoms with Gasteiger partial charge in [-0.3, -0.25) is 4.99 Å². The Hall–Kier alpha value is -2.27. The topological polar surface area (TPSA) is 47.0 Å². The monoisotopic (exact) mass is 317 g/mol. The van der Waals surface area contributed by atoms with E-state index in [0.717, 1.165) is 21.9 Å². The molecule has 0 bridgehead atoms. The fourth-order valence-corrected chi connectivity index (χ4v) is 2.35. The molecule has 0 aliphatic carbocycles. The van der Waals surface area contributed by atoms with Crippen molar-refractivity contribution in [3.63, 3.8) is 0 Å². The molecule has 1 aliphatic heterocycles. The van der Waals surface area contributed by atoms with Gasteiger partial charge in [0.15, 0.2) is 0 Å². The lowest BCUT2D eigenvalue weighted by molar-refractivity contribution is 0.289. The van der Waals surface area contributed by atoms with Crippen LogP contribution in [-0.4, -0.2) is 30.7 Å². The minimum Gasteiger partial charge on any atom is -0.497 e. The Balaban J connectivity index is 1.86. The lowest BCUT2D eigenvalue weighted by Crippen LogP contribution is -2.36. The van der Waals surface area contributed by atoms with E-state index in [-0.39, 0.29) is 0 Å². The highest BCUT2D eigenvalue weighted by Crippen LogP contribution is 2.13. The highest BCUT2D eigenvalue weighted by atomic mass is 35.5. The van der Waals surface area contributed by atoms with E-state index in [1.807, 2.05) is 42.4 Å². The molecule has 0 N–H and O–H groups in total. The van der Waals surface area contributed by atoms with Crippen molar-refractivity contribution in [3.8, 4) is 11.6 Å². The average Bonchev–Trinajstić information content (AvgIpc) is 2.53. The summed E-state index contributed by atoms with van der Waals surface area (Å²) in [4.78, 5) is 10.7. The zero-order chi connectivity index (χ0) is 15.5. The zero-order valence-electron chi connectivity index (χ0n) is 12.4. The number of hydrogen-bond donors (Lipinski definition) is 0. The van der Waals surface area contributed by atoms with Crippen molar-refractivity contribution in [3.05, 3.63) is 51.6 Å². The van der Waals surface area contributed by atoms with Gasteiger partial charge in [-0.15, -0.1) is 0 Å². The van der Waals surface area contributed by atoms with Gasteiger partial charge >= 0.3 is 0 Å². The minimum atomic E-state index is 0.380. The third kappa shape index (κ3) is 3.14. The number of benzene rings is 1. The van der Waals surface area contributed by atoms with Gasteiger partial charge in [-0.1, -0.05) is 23.7 Å². The number of hydrogen-bond acceptors (Lipinski definition) is 5. The Morgan fingerprint density at radius 2 is 2.05 bits per heavy atom. The summed E-state index contributed by atoms with van der Waals surface area (Å²) in [7, 11) is 3.60. The van der Waals surface area contributed by atoms with Crippen LogP contribution in [0.3, 0.4) is 0 Å². The second-order valence-corrected chi connectivity index (χ2v) is 5.39. The van der Waals surface area contributed by atoms with Gasteiger partial charge in [0.25, 0.3) is 0 Å². The normalized spacial score (nSPS) is 13.0. The molecular weight excluding hydrogens is 302 g/mol. The predicted octanol–water partition coefficient (Wildman–Crippen LogP) is 1.58. The maximum absolute atomic E-state index is 6.04. The SMILES string of the molecule is COc1ccc(COc2nc(Cl)cc3c2=CN(C)CN=3)cc1. The predicted molar refractivity (Wildman–Crippen MR) is 84.4 cm³/mol. The third-order valence-corrected chi connectivity index (χ3v) is 3.51. The Morgan fingerprint density at radius 3 is 2.77 bits per heavy atom. The van der Waals surface area contributed by atoms with E-state index in [0.29, 0.717) is 24.3 Å². The third-order valence-electron chi connectivity index (χ3n) is 3.32. The smallest absolute Gasteiger partial charge is 0.226 e. The molecule has 2 heterocycles. The summed E-state index contributed by atoms with van der Waals surface area (Å²) in [6.45, 7) is 1.01. The van der Waals surface area contributed by atoms with Gasteiger partial charge in [-0.05, 0) is 17.7 Å². The van der Waals surface area contributed by atoms with Crippen LogP contribution in [-0.2, 0) is 6.61 Å². The molecule has 5 nitrogen and oxygen atoms in total. The molecule has 1 aromatic carbocycles. The largest absolute Gasteiger partial charge is 0.497 e. The number of aromatic nitrogens is 1. The molecule has 0 fully saturated rings. The number of methoxy groups -OCH3 is 1. The van der Waals surface area contributed by atoms with Crippen molar-refractivity contribution < 1.29 is 9.47 Å². The van der Waals surface area contributed by atoms with E-state index in [1.54, 1.807) is 13.2 Å². The van der Waals surface area contributed by atoms with Crippen molar-refractivity contribution in [2.24, 2.45) is 4.99 Å². The summed E-state index contributed by atoms with van der Waals surface area (Å²) in [5, 5.41) is 2.04. The number of ether oxygens (including phenoxy) is 2. The molecule has 0 saturated carbocycles. The number of pyridine rings is 1. The van der Waals surface area contributed by atoms with E-state index < -0.39 is 0 Å². The van der Waals surface area contributed by atoms with Crippen molar-refractivity contribution in [1.29, 1.82) is 0 Å². The first-order chi connectivity index (χ1) is 10.7. The summed E-state index contributed by atoms with van der Waals surface area (Å²) in [6.07, 6.45) is 1.97. The van der Waals surface area contributed by atoms with Crippen LogP contribution in [0.4, 0.5) is 0 Å². The molecule has 6 heteroatoms. The molecule has 1 aliphatic rings. The summed E-state index contributed by atoms with van der Waals surface area (Å²) in [6, 6.07) is 9.45. The molecule has 0 atom stereocenters. The fraction of sp³-hybridized carbons (Fsp3) is 0.250. The lowest BCUT2D eigenvalue weighted by Gasteiger charge is -2.16. The summed E-state index contributed by atoms with van der Waals surface area (Å²) < 4.78 is 11.0. The van der Waals surface area contributed by atoms with Gasteiger partial charge < -0.3 is 14.4 Å². The second kappa shape index (κ2) is 6.23. The second-order valence-electron chi connectivity index (χ2n) is 5.01. The van der Waals surface area contributed by atoms with E-state index in [9.17, 15) is 0 Å². The first-order valence-corrected chi connectivity index (χ1v) is 7.22. The van der Waals surface area contributed by atoms with E-state index >= 15 is 0 Å². The van der Waals surface area contributed by atoms with E-state index in [4.69, 9.17) is 21.1 Å². The van der Waals surface area contributed by atoms with Gasteiger partial charge in [0.05, 0.1) is 17.7 Å². The quantitative estimate of drug-likeness (QED) is 0.803. The highest BCUT2D eigenvalue weighted by molar-refractivity contribution is 6.29. The summed E-state index contributed by atoms with van der Waals surface area (Å²) >= 11 is 6.04. The molecule has 0 spiro atoms. The molecule has 0 radical (unpaired) electrons. The summed E-state index contributed by atoms with van der Waals surface area (Å²) in [5.41, 5.74) is 1.03. The van der Waals surface area contributed by atoms with Crippen LogP contribution in [0, 0.1) is 0 Å². The number of nitrogens with zero attached hydrogens (tertiary/aromatic N) is 3. The fourth-order valence-electron chi connectivity index (χ4n) is 2.17. The average molecular weight is 318 g/mol. The molecule has 2 aromatic rings. The molecule has 0 saturated heterocycles. The Morgan fingerprint density at radius 1 is 1.27 bits per heavy atom. The van der Waals surface area contributed by atoms with Crippen LogP contribution in [0.2, 0.25) is 5.15 Å². The van der Waals surface area contributed by atoms with Gasteiger partial charge in [-0.25, -0.2) is 4.98 Å². The molecule has 3 rings (SSSR count). The Bertz CT molecular complexity index is 790. The van der Waals surface area contributed by atoms with E-state index in [1.165, 1.54) is 0 Å². The minimum absolute atomic E-state index is 0.380. The van der Waals surface area contributed by atoms with Crippen LogP contribution in [0.5, 0.6) is 11.6 Å². The van der Waals surface area contributed by atoms with Crippen molar-refractivity contribution in [1.82, 2.24) is 9.88 Å². The standard InChI is InChI=1S/C16H16ClN3O2/c1-20-8-13-14(18-10-20)7-15(17)19-16(13)22-9-11-3-5-12(21-2)6-4-11/h3-8H,9-10H2,1-2H3. The number of fused-ring (bicyclic) bond motifs is 1. The van der Waals surface area contributed by atoms with Crippen LogP contribution in [0.25, 0.3) is 6.20 Å². The van der Waals surface area contributed by atoms with Crippen molar-refractivity contribution in [2.45, 2.75) is 6.61 Å². The van der Waals surface area contributed by atoms with Gasteiger partial charge in [0.2, 0.25) is 5.88 Å². The maximum atomic E-state index is 6.04. The number of halogens is 1. The molecule has 1 aromatic heterocycles. The van der Waals surface area contributed by atoms with Gasteiger partial charge in [0.1, 0.15) is 24.2 Å². The summed E-state index contributed by atoms with van der Waals surface area (Å²) in [5.74, 6) is 1.31. The molecule has 0 unspecified atom stereocenters. The Labute approximate surface area is 133 Å². The first kappa shape index (κ1) is 14.7. The van der Waals surface area contributed by atoms with Crippen molar-refractivity contribution in [2.75, 3.05) is 20.8 Å². The van der Waals surface area contributed by atoms with Gasteiger partial charge in [0, 0.05) is 19.3 Å². The van der Waals surface area contributed by atoms with Crippen molar-refractivity contribution >= 4 is 17.8 Å².